The molecular formula is C13H15BrFN5. The molecule has 2 aromatic rings. The molecule has 0 atom stereocenters. The van der Waals surface area contributed by atoms with Crippen LogP contribution in [0.1, 0.15) is 11.4 Å². The van der Waals surface area contributed by atoms with E-state index in [1.54, 1.807) is 25.3 Å². The van der Waals surface area contributed by atoms with Gasteiger partial charge in [-0.1, -0.05) is 22.0 Å². The van der Waals surface area contributed by atoms with E-state index in [0.717, 1.165) is 4.47 Å². The van der Waals surface area contributed by atoms with Gasteiger partial charge in [0, 0.05) is 23.1 Å². The van der Waals surface area contributed by atoms with Gasteiger partial charge in [-0.3, -0.25) is 4.90 Å². The zero-order valence-corrected chi connectivity index (χ0v) is 12.7. The summed E-state index contributed by atoms with van der Waals surface area (Å²) in [6, 6.07) is 4.91. The molecule has 0 aliphatic carbocycles. The second-order valence-electron chi connectivity index (χ2n) is 4.39. The second-order valence-corrected chi connectivity index (χ2v) is 5.30. The first kappa shape index (κ1) is 14.8. The third-order valence-electron chi connectivity index (χ3n) is 2.70. The SMILES string of the molecule is C=CCN(Cc1nnn(C)n1)Cc1cc(Br)ccc1F. The number of rotatable bonds is 6. The lowest BCUT2D eigenvalue weighted by atomic mass is 10.2. The van der Waals surface area contributed by atoms with E-state index in [4.69, 9.17) is 0 Å². The smallest absolute Gasteiger partial charge is 0.188 e. The van der Waals surface area contributed by atoms with Crippen molar-refractivity contribution in [3.8, 4) is 0 Å². The van der Waals surface area contributed by atoms with Crippen molar-refractivity contribution in [3.05, 3.63) is 52.5 Å². The average Bonchev–Trinajstić information content (AvgIpc) is 2.79. The Morgan fingerprint density at radius 1 is 1.45 bits per heavy atom. The first-order valence-electron chi connectivity index (χ1n) is 6.08. The molecule has 5 nitrogen and oxygen atoms in total. The first-order chi connectivity index (χ1) is 9.58. The third kappa shape index (κ3) is 3.94. The Labute approximate surface area is 125 Å². The number of nitrogens with zero attached hydrogens (tertiary/aromatic N) is 5. The lowest BCUT2D eigenvalue weighted by Gasteiger charge is -2.19. The van der Waals surface area contributed by atoms with Crippen molar-refractivity contribution in [3.63, 3.8) is 0 Å². The van der Waals surface area contributed by atoms with Gasteiger partial charge in [0.2, 0.25) is 0 Å². The predicted octanol–water partition coefficient (Wildman–Crippen LogP) is 2.30. The van der Waals surface area contributed by atoms with Gasteiger partial charge >= 0.3 is 0 Å². The Morgan fingerprint density at radius 2 is 2.25 bits per heavy atom. The number of benzene rings is 1. The Balaban J connectivity index is 2.12. The van der Waals surface area contributed by atoms with Crippen LogP contribution in [-0.4, -0.2) is 31.7 Å². The highest BCUT2D eigenvalue weighted by Crippen LogP contribution is 2.17. The molecule has 0 N–H and O–H groups in total. The van der Waals surface area contributed by atoms with E-state index in [2.05, 4.69) is 37.9 Å². The Kier molecular flexibility index (Phi) is 4.97. The minimum atomic E-state index is -0.227. The number of hydrogen-bond donors (Lipinski definition) is 0. The molecule has 0 radical (unpaired) electrons. The maximum atomic E-state index is 13.8. The number of aryl methyl sites for hydroxylation is 1. The predicted molar refractivity (Wildman–Crippen MR) is 77.2 cm³/mol. The lowest BCUT2D eigenvalue weighted by molar-refractivity contribution is 0.274. The summed E-state index contributed by atoms with van der Waals surface area (Å²) in [5.41, 5.74) is 0.616. The fourth-order valence-corrected chi connectivity index (χ4v) is 2.27. The molecule has 106 valence electrons. The molecule has 1 aromatic heterocycles. The Hall–Kier alpha value is -1.60. The minimum absolute atomic E-state index is 0.227. The molecule has 0 aliphatic rings. The van der Waals surface area contributed by atoms with Gasteiger partial charge in [0.15, 0.2) is 5.82 Å². The van der Waals surface area contributed by atoms with Crippen LogP contribution >= 0.6 is 15.9 Å². The molecule has 1 aromatic carbocycles. The van der Waals surface area contributed by atoms with Gasteiger partial charge in [0.25, 0.3) is 0 Å². The van der Waals surface area contributed by atoms with Gasteiger partial charge < -0.3 is 0 Å². The minimum Gasteiger partial charge on any atom is -0.288 e. The molecule has 7 heteroatoms. The monoisotopic (exact) mass is 339 g/mol. The van der Waals surface area contributed by atoms with Crippen LogP contribution < -0.4 is 0 Å². The van der Waals surface area contributed by atoms with Crippen LogP contribution in [0.4, 0.5) is 4.39 Å². The van der Waals surface area contributed by atoms with Crippen LogP contribution in [0.15, 0.2) is 35.3 Å². The van der Waals surface area contributed by atoms with Crippen LogP contribution in [0.3, 0.4) is 0 Å². The van der Waals surface area contributed by atoms with E-state index >= 15 is 0 Å². The summed E-state index contributed by atoms with van der Waals surface area (Å²) in [5.74, 6) is 0.374. The number of aromatic nitrogens is 4. The number of hydrogen-bond acceptors (Lipinski definition) is 4. The van der Waals surface area contributed by atoms with Gasteiger partial charge in [-0.15, -0.1) is 16.8 Å². The fourth-order valence-electron chi connectivity index (χ4n) is 1.86. The van der Waals surface area contributed by atoms with E-state index in [1.165, 1.54) is 10.9 Å². The molecule has 0 aliphatic heterocycles. The summed E-state index contributed by atoms with van der Waals surface area (Å²) in [6.07, 6.45) is 1.77. The molecular weight excluding hydrogens is 325 g/mol. The normalized spacial score (nSPS) is 11.0. The van der Waals surface area contributed by atoms with Crippen molar-refractivity contribution in [2.75, 3.05) is 6.54 Å². The van der Waals surface area contributed by atoms with Crippen molar-refractivity contribution in [2.24, 2.45) is 7.05 Å². The highest BCUT2D eigenvalue weighted by atomic mass is 79.9. The van der Waals surface area contributed by atoms with E-state index < -0.39 is 0 Å². The topological polar surface area (TPSA) is 46.8 Å². The Morgan fingerprint density at radius 3 is 2.90 bits per heavy atom. The van der Waals surface area contributed by atoms with Crippen molar-refractivity contribution < 1.29 is 4.39 Å². The van der Waals surface area contributed by atoms with E-state index in [-0.39, 0.29) is 5.82 Å². The van der Waals surface area contributed by atoms with Crippen molar-refractivity contribution >= 4 is 15.9 Å². The maximum absolute atomic E-state index is 13.8. The highest BCUT2D eigenvalue weighted by molar-refractivity contribution is 9.10. The zero-order chi connectivity index (χ0) is 14.5. The summed E-state index contributed by atoms with van der Waals surface area (Å²) in [7, 11) is 1.71. The Bertz CT molecular complexity index is 598. The number of tetrazole rings is 1. The molecule has 0 fully saturated rings. The van der Waals surface area contributed by atoms with E-state index in [1.807, 2.05) is 4.90 Å². The van der Waals surface area contributed by atoms with Gasteiger partial charge in [-0.2, -0.15) is 4.80 Å². The largest absolute Gasteiger partial charge is 0.288 e. The molecule has 1 heterocycles. The zero-order valence-electron chi connectivity index (χ0n) is 11.1. The molecule has 20 heavy (non-hydrogen) atoms. The number of halogens is 2. The van der Waals surface area contributed by atoms with Crippen molar-refractivity contribution in [1.29, 1.82) is 0 Å². The third-order valence-corrected chi connectivity index (χ3v) is 3.20. The molecule has 0 saturated carbocycles. The summed E-state index contributed by atoms with van der Waals surface area (Å²) < 4.78 is 14.6. The van der Waals surface area contributed by atoms with Crippen LogP contribution in [0, 0.1) is 5.82 Å². The van der Waals surface area contributed by atoms with Crippen LogP contribution in [-0.2, 0) is 20.1 Å². The second kappa shape index (κ2) is 6.71. The summed E-state index contributed by atoms with van der Waals surface area (Å²) in [6.45, 7) is 5.28. The summed E-state index contributed by atoms with van der Waals surface area (Å²) >= 11 is 3.35. The maximum Gasteiger partial charge on any atom is 0.188 e. The van der Waals surface area contributed by atoms with Gasteiger partial charge in [-0.25, -0.2) is 4.39 Å². The van der Waals surface area contributed by atoms with E-state index in [9.17, 15) is 4.39 Å². The quantitative estimate of drug-likeness (QED) is 0.757. The van der Waals surface area contributed by atoms with Crippen molar-refractivity contribution in [1.82, 2.24) is 25.1 Å². The van der Waals surface area contributed by atoms with Crippen LogP contribution in [0.2, 0.25) is 0 Å². The molecule has 0 saturated heterocycles. The van der Waals surface area contributed by atoms with Crippen molar-refractivity contribution in [2.45, 2.75) is 13.1 Å². The van der Waals surface area contributed by atoms with E-state index in [0.29, 0.717) is 31.0 Å². The molecule has 0 bridgehead atoms. The highest BCUT2D eigenvalue weighted by Gasteiger charge is 2.12. The van der Waals surface area contributed by atoms with Crippen LogP contribution in [0.25, 0.3) is 0 Å². The average molecular weight is 340 g/mol. The summed E-state index contributed by atoms with van der Waals surface area (Å²) in [4.78, 5) is 3.40. The van der Waals surface area contributed by atoms with Crippen LogP contribution in [0.5, 0.6) is 0 Å². The molecule has 0 amide bonds. The van der Waals surface area contributed by atoms with Gasteiger partial charge in [0.05, 0.1) is 13.6 Å². The first-order valence-corrected chi connectivity index (χ1v) is 6.88. The summed E-state index contributed by atoms with van der Waals surface area (Å²) in [5, 5.41) is 11.9. The van der Waals surface area contributed by atoms with Gasteiger partial charge in [0.1, 0.15) is 5.82 Å². The lowest BCUT2D eigenvalue weighted by Crippen LogP contribution is -2.24. The molecule has 0 spiro atoms. The van der Waals surface area contributed by atoms with Gasteiger partial charge in [-0.05, 0) is 23.4 Å². The molecule has 2 rings (SSSR count). The molecule has 0 unspecified atom stereocenters. The fraction of sp³-hybridized carbons (Fsp3) is 0.308. The standard InChI is InChI=1S/C13H15BrFN5/c1-3-6-20(9-13-16-18-19(2)17-13)8-10-7-11(14)4-5-12(10)15/h3-5,7H,1,6,8-9H2,2H3.